The van der Waals surface area contributed by atoms with E-state index in [2.05, 4.69) is 12.1 Å². The number of hydrogen-bond donors (Lipinski definition) is 2. The molecule has 0 saturated carbocycles. The summed E-state index contributed by atoms with van der Waals surface area (Å²) in [4.78, 5) is 14.7. The number of hydrogen-bond acceptors (Lipinski definition) is 4. The Hall–Kier alpha value is -2.37. The number of methoxy groups -OCH3 is 1. The molecule has 5 heteroatoms. The van der Waals surface area contributed by atoms with Gasteiger partial charge in [0.25, 0.3) is 5.91 Å². The number of ether oxygens (including phenoxy) is 1. The summed E-state index contributed by atoms with van der Waals surface area (Å²) in [7, 11) is 1.61. The van der Waals surface area contributed by atoms with E-state index in [0.717, 1.165) is 23.3 Å². The molecule has 5 nitrogen and oxygen atoms in total. The van der Waals surface area contributed by atoms with Gasteiger partial charge in [-0.3, -0.25) is 4.79 Å². The molecule has 2 aromatic rings. The Morgan fingerprint density at radius 2 is 1.81 bits per heavy atom. The second-order valence-corrected chi connectivity index (χ2v) is 7.62. The Morgan fingerprint density at radius 1 is 1.15 bits per heavy atom. The molecule has 1 amide bonds. The van der Waals surface area contributed by atoms with Gasteiger partial charge in [-0.25, -0.2) is 0 Å². The third-order valence-electron chi connectivity index (χ3n) is 5.25. The van der Waals surface area contributed by atoms with Crippen LogP contribution in [-0.2, 0) is 4.79 Å². The van der Waals surface area contributed by atoms with Gasteiger partial charge in [0.05, 0.1) is 18.8 Å². The van der Waals surface area contributed by atoms with Crippen molar-refractivity contribution in [2.45, 2.75) is 43.9 Å². The molecule has 0 bridgehead atoms. The standard InChI is InChI=1S/C22H27NO4/c1-22(2,26)20(24)21(25)23-13-12-18(15-8-5-4-6-9-15)19(23)16-10-7-11-17(14-16)27-3/h4-11,14,18-20,24,26H,12-13H2,1-3H3. The number of carbonyl (C=O) groups is 1. The van der Waals surface area contributed by atoms with E-state index in [1.54, 1.807) is 12.0 Å². The molecule has 144 valence electrons. The van der Waals surface area contributed by atoms with Gasteiger partial charge in [-0.2, -0.15) is 0 Å². The van der Waals surface area contributed by atoms with E-state index in [1.165, 1.54) is 13.8 Å². The molecule has 0 aliphatic carbocycles. The van der Waals surface area contributed by atoms with Gasteiger partial charge in [0, 0.05) is 12.5 Å². The van der Waals surface area contributed by atoms with Crippen LogP contribution in [0.1, 0.15) is 43.4 Å². The smallest absolute Gasteiger partial charge is 0.254 e. The minimum atomic E-state index is -1.50. The summed E-state index contributed by atoms with van der Waals surface area (Å²) in [5, 5.41) is 20.5. The minimum Gasteiger partial charge on any atom is -0.497 e. The van der Waals surface area contributed by atoms with E-state index >= 15 is 0 Å². The number of benzene rings is 2. The van der Waals surface area contributed by atoms with E-state index in [0.29, 0.717) is 6.54 Å². The molecule has 1 heterocycles. The second-order valence-electron chi connectivity index (χ2n) is 7.62. The van der Waals surface area contributed by atoms with Crippen LogP contribution in [-0.4, -0.2) is 46.4 Å². The number of likely N-dealkylation sites (tertiary alicyclic amines) is 1. The van der Waals surface area contributed by atoms with Crippen molar-refractivity contribution in [1.29, 1.82) is 0 Å². The Kier molecular flexibility index (Phi) is 5.53. The van der Waals surface area contributed by atoms with Crippen LogP contribution in [0.15, 0.2) is 54.6 Å². The van der Waals surface area contributed by atoms with Gasteiger partial charge in [0.1, 0.15) is 5.75 Å². The summed E-state index contributed by atoms with van der Waals surface area (Å²) >= 11 is 0. The summed E-state index contributed by atoms with van der Waals surface area (Å²) in [5.74, 6) is 0.381. The first-order valence-electron chi connectivity index (χ1n) is 9.22. The number of rotatable bonds is 5. The first kappa shape index (κ1) is 19.4. The molecule has 3 rings (SSSR count). The molecular weight excluding hydrogens is 342 g/mol. The average Bonchev–Trinajstić information content (AvgIpc) is 3.12. The predicted molar refractivity (Wildman–Crippen MR) is 104 cm³/mol. The fourth-order valence-corrected chi connectivity index (χ4v) is 3.79. The molecule has 0 spiro atoms. The van der Waals surface area contributed by atoms with Crippen LogP contribution in [0.25, 0.3) is 0 Å². The van der Waals surface area contributed by atoms with Crippen molar-refractivity contribution in [2.24, 2.45) is 0 Å². The average molecular weight is 369 g/mol. The lowest BCUT2D eigenvalue weighted by Crippen LogP contribution is -2.49. The van der Waals surface area contributed by atoms with E-state index in [1.807, 2.05) is 42.5 Å². The molecule has 1 saturated heterocycles. The van der Waals surface area contributed by atoms with Crippen LogP contribution >= 0.6 is 0 Å². The predicted octanol–water partition coefficient (Wildman–Crippen LogP) is 2.88. The zero-order valence-electron chi connectivity index (χ0n) is 16.0. The maximum absolute atomic E-state index is 13.0. The first-order valence-corrected chi connectivity index (χ1v) is 9.22. The zero-order valence-corrected chi connectivity index (χ0v) is 16.0. The fraction of sp³-hybridized carbons (Fsp3) is 0.409. The van der Waals surface area contributed by atoms with Crippen molar-refractivity contribution in [1.82, 2.24) is 4.90 Å². The van der Waals surface area contributed by atoms with Gasteiger partial charge in [-0.1, -0.05) is 42.5 Å². The van der Waals surface area contributed by atoms with Gasteiger partial charge in [0.2, 0.25) is 0 Å². The Labute approximate surface area is 160 Å². The van der Waals surface area contributed by atoms with Crippen molar-refractivity contribution >= 4 is 5.91 Å². The van der Waals surface area contributed by atoms with Crippen molar-refractivity contribution in [3.05, 3.63) is 65.7 Å². The van der Waals surface area contributed by atoms with Gasteiger partial charge in [-0.05, 0) is 43.5 Å². The highest BCUT2D eigenvalue weighted by atomic mass is 16.5. The number of nitrogens with zero attached hydrogens (tertiary/aromatic N) is 1. The third kappa shape index (κ3) is 3.99. The van der Waals surface area contributed by atoms with Crippen LogP contribution in [0.5, 0.6) is 5.75 Å². The molecule has 1 aliphatic heterocycles. The first-order chi connectivity index (χ1) is 12.8. The topological polar surface area (TPSA) is 70.0 Å². The van der Waals surface area contributed by atoms with Crippen LogP contribution in [0.4, 0.5) is 0 Å². The maximum atomic E-state index is 13.0. The van der Waals surface area contributed by atoms with Crippen molar-refractivity contribution in [2.75, 3.05) is 13.7 Å². The Balaban J connectivity index is 2.01. The maximum Gasteiger partial charge on any atom is 0.254 e. The van der Waals surface area contributed by atoms with Crippen molar-refractivity contribution in [3.8, 4) is 5.75 Å². The lowest BCUT2D eigenvalue weighted by Gasteiger charge is -2.33. The van der Waals surface area contributed by atoms with Crippen LogP contribution in [0.3, 0.4) is 0 Å². The van der Waals surface area contributed by atoms with E-state index in [4.69, 9.17) is 4.74 Å². The number of amides is 1. The van der Waals surface area contributed by atoms with Crippen molar-refractivity contribution in [3.63, 3.8) is 0 Å². The highest BCUT2D eigenvalue weighted by Gasteiger charge is 2.43. The van der Waals surface area contributed by atoms with Crippen molar-refractivity contribution < 1.29 is 19.7 Å². The molecule has 3 unspecified atom stereocenters. The third-order valence-corrected chi connectivity index (χ3v) is 5.25. The molecule has 2 N–H and O–H groups in total. The molecule has 0 radical (unpaired) electrons. The molecular formula is C22H27NO4. The summed E-state index contributed by atoms with van der Waals surface area (Å²) < 4.78 is 5.36. The summed E-state index contributed by atoms with van der Waals surface area (Å²) in [5.41, 5.74) is 0.608. The van der Waals surface area contributed by atoms with Crippen LogP contribution in [0, 0.1) is 0 Å². The molecule has 1 fully saturated rings. The lowest BCUT2D eigenvalue weighted by molar-refractivity contribution is -0.153. The summed E-state index contributed by atoms with van der Waals surface area (Å²) in [6, 6.07) is 17.6. The molecule has 27 heavy (non-hydrogen) atoms. The highest BCUT2D eigenvalue weighted by Crippen LogP contribution is 2.44. The zero-order chi connectivity index (χ0) is 19.6. The van der Waals surface area contributed by atoms with Gasteiger partial charge in [-0.15, -0.1) is 0 Å². The second kappa shape index (κ2) is 7.71. The SMILES string of the molecule is COc1cccc(C2C(c3ccccc3)CCN2C(=O)C(O)C(C)(C)O)c1. The molecule has 1 aliphatic rings. The Bertz CT molecular complexity index is 784. The highest BCUT2D eigenvalue weighted by molar-refractivity contribution is 5.83. The summed E-state index contributed by atoms with van der Waals surface area (Å²) in [6.07, 6.45) is -0.684. The van der Waals surface area contributed by atoms with E-state index in [9.17, 15) is 15.0 Å². The number of carbonyl (C=O) groups excluding carboxylic acids is 1. The van der Waals surface area contributed by atoms with Gasteiger partial charge >= 0.3 is 0 Å². The monoisotopic (exact) mass is 369 g/mol. The van der Waals surface area contributed by atoms with E-state index in [-0.39, 0.29) is 12.0 Å². The molecule has 0 aromatic heterocycles. The number of aliphatic hydroxyl groups excluding tert-OH is 1. The fourth-order valence-electron chi connectivity index (χ4n) is 3.79. The van der Waals surface area contributed by atoms with Gasteiger partial charge < -0.3 is 19.8 Å². The number of aliphatic hydroxyl groups is 2. The molecule has 3 atom stereocenters. The summed E-state index contributed by atoms with van der Waals surface area (Å²) in [6.45, 7) is 3.41. The molecule has 2 aromatic carbocycles. The minimum absolute atomic E-state index is 0.108. The van der Waals surface area contributed by atoms with Crippen LogP contribution < -0.4 is 4.74 Å². The van der Waals surface area contributed by atoms with Gasteiger partial charge in [0.15, 0.2) is 6.10 Å². The quantitative estimate of drug-likeness (QED) is 0.850. The Morgan fingerprint density at radius 3 is 2.44 bits per heavy atom. The van der Waals surface area contributed by atoms with Crippen LogP contribution in [0.2, 0.25) is 0 Å². The normalized spacial score (nSPS) is 21.1. The van der Waals surface area contributed by atoms with E-state index < -0.39 is 17.6 Å². The largest absolute Gasteiger partial charge is 0.497 e. The lowest BCUT2D eigenvalue weighted by atomic mass is 9.87.